The minimum Gasteiger partial charge on any atom is -0.389 e. The van der Waals surface area contributed by atoms with Gasteiger partial charge in [-0.2, -0.15) is 0 Å². The molecule has 0 spiro atoms. The maximum atomic E-state index is 9.79. The van der Waals surface area contributed by atoms with Crippen molar-refractivity contribution in [2.45, 2.75) is 31.4 Å². The van der Waals surface area contributed by atoms with E-state index in [-0.39, 0.29) is 0 Å². The van der Waals surface area contributed by atoms with Crippen molar-refractivity contribution in [1.82, 2.24) is 10.3 Å². The summed E-state index contributed by atoms with van der Waals surface area (Å²) in [5.74, 6) is 0. The number of halogens is 1. The van der Waals surface area contributed by atoms with Crippen LogP contribution >= 0.6 is 22.9 Å². The third kappa shape index (κ3) is 2.45. The standard InChI is InChI=1S/C9H13ClN2OS/c10-7-4-12-8(14-7)5-11-6-9(13)2-1-3-9/h4,11,13H,1-3,5-6H2. The van der Waals surface area contributed by atoms with Crippen LogP contribution in [0.1, 0.15) is 24.3 Å². The fraction of sp³-hybridized carbons (Fsp3) is 0.667. The van der Waals surface area contributed by atoms with Crippen LogP contribution < -0.4 is 5.32 Å². The van der Waals surface area contributed by atoms with Crippen LogP contribution in [0.4, 0.5) is 0 Å². The molecule has 1 aromatic rings. The Hall–Kier alpha value is -0.160. The minimum atomic E-state index is -0.457. The third-order valence-corrected chi connectivity index (χ3v) is 3.65. The van der Waals surface area contributed by atoms with Crippen molar-refractivity contribution < 1.29 is 5.11 Å². The summed E-state index contributed by atoms with van der Waals surface area (Å²) in [7, 11) is 0. The molecule has 0 aliphatic heterocycles. The first kappa shape index (κ1) is 10.4. The molecule has 0 bridgehead atoms. The monoisotopic (exact) mass is 232 g/mol. The van der Waals surface area contributed by atoms with Gasteiger partial charge in [-0.3, -0.25) is 0 Å². The summed E-state index contributed by atoms with van der Waals surface area (Å²) in [5.41, 5.74) is -0.457. The zero-order valence-corrected chi connectivity index (χ0v) is 9.37. The van der Waals surface area contributed by atoms with Crippen molar-refractivity contribution in [1.29, 1.82) is 0 Å². The topological polar surface area (TPSA) is 45.1 Å². The molecule has 0 aromatic carbocycles. The highest BCUT2D eigenvalue weighted by Gasteiger charge is 2.33. The Bertz CT molecular complexity index is 312. The number of hydrogen-bond acceptors (Lipinski definition) is 4. The highest BCUT2D eigenvalue weighted by Crippen LogP contribution is 2.30. The number of nitrogens with zero attached hydrogens (tertiary/aromatic N) is 1. The van der Waals surface area contributed by atoms with Crippen LogP contribution in [-0.4, -0.2) is 22.2 Å². The second kappa shape index (κ2) is 4.14. The van der Waals surface area contributed by atoms with Crippen molar-refractivity contribution in [2.24, 2.45) is 0 Å². The van der Waals surface area contributed by atoms with E-state index in [0.717, 1.165) is 24.3 Å². The second-order valence-corrected chi connectivity index (χ2v) is 5.49. The van der Waals surface area contributed by atoms with Gasteiger partial charge in [-0.05, 0) is 19.3 Å². The van der Waals surface area contributed by atoms with Gasteiger partial charge in [-0.25, -0.2) is 4.98 Å². The van der Waals surface area contributed by atoms with Gasteiger partial charge in [0.2, 0.25) is 0 Å². The summed E-state index contributed by atoms with van der Waals surface area (Å²) in [4.78, 5) is 4.12. The lowest BCUT2D eigenvalue weighted by molar-refractivity contribution is -0.0314. The quantitative estimate of drug-likeness (QED) is 0.832. The predicted molar refractivity (Wildman–Crippen MR) is 57.6 cm³/mol. The van der Waals surface area contributed by atoms with Crippen LogP contribution in [0.5, 0.6) is 0 Å². The molecule has 2 rings (SSSR count). The first-order valence-corrected chi connectivity index (χ1v) is 5.91. The molecule has 1 aliphatic carbocycles. The number of hydrogen-bond donors (Lipinski definition) is 2. The molecule has 14 heavy (non-hydrogen) atoms. The first-order chi connectivity index (χ1) is 6.68. The van der Waals surface area contributed by atoms with Gasteiger partial charge in [0.1, 0.15) is 9.34 Å². The van der Waals surface area contributed by atoms with Crippen LogP contribution in [0.3, 0.4) is 0 Å². The molecule has 0 radical (unpaired) electrons. The number of aromatic nitrogens is 1. The van der Waals surface area contributed by atoms with E-state index in [0.29, 0.717) is 17.4 Å². The summed E-state index contributed by atoms with van der Waals surface area (Å²) in [5, 5.41) is 14.0. The second-order valence-electron chi connectivity index (χ2n) is 3.74. The predicted octanol–water partition coefficient (Wildman–Crippen LogP) is 1.80. The van der Waals surface area contributed by atoms with Gasteiger partial charge in [0.25, 0.3) is 0 Å². The Labute approximate surface area is 92.1 Å². The Morgan fingerprint density at radius 3 is 2.93 bits per heavy atom. The molecular formula is C9H13ClN2OS. The number of rotatable bonds is 4. The van der Waals surface area contributed by atoms with E-state index in [1.807, 2.05) is 0 Å². The summed E-state index contributed by atoms with van der Waals surface area (Å²) >= 11 is 7.22. The smallest absolute Gasteiger partial charge is 0.113 e. The Morgan fingerprint density at radius 2 is 2.43 bits per heavy atom. The van der Waals surface area contributed by atoms with Gasteiger partial charge >= 0.3 is 0 Å². The van der Waals surface area contributed by atoms with E-state index in [9.17, 15) is 5.11 Å². The number of nitrogens with one attached hydrogen (secondary N) is 1. The number of thiazole rings is 1. The van der Waals surface area contributed by atoms with Crippen LogP contribution in [0, 0.1) is 0 Å². The Morgan fingerprint density at radius 1 is 1.64 bits per heavy atom. The summed E-state index contributed by atoms with van der Waals surface area (Å²) in [6.07, 6.45) is 4.62. The summed E-state index contributed by atoms with van der Waals surface area (Å²) < 4.78 is 0.712. The first-order valence-electron chi connectivity index (χ1n) is 4.71. The van der Waals surface area contributed by atoms with Gasteiger partial charge in [0.15, 0.2) is 0 Å². The molecule has 1 heterocycles. The van der Waals surface area contributed by atoms with E-state index >= 15 is 0 Å². The van der Waals surface area contributed by atoms with E-state index in [1.54, 1.807) is 6.20 Å². The third-order valence-electron chi connectivity index (χ3n) is 2.54. The fourth-order valence-electron chi connectivity index (χ4n) is 1.53. The molecule has 3 nitrogen and oxygen atoms in total. The van der Waals surface area contributed by atoms with Gasteiger partial charge in [-0.1, -0.05) is 11.6 Å². The SMILES string of the molecule is OC1(CNCc2ncc(Cl)s2)CCC1. The Kier molecular flexibility index (Phi) is 3.07. The minimum absolute atomic E-state index is 0.457. The Balaban J connectivity index is 1.72. The van der Waals surface area contributed by atoms with Crippen molar-refractivity contribution >= 4 is 22.9 Å². The maximum Gasteiger partial charge on any atom is 0.113 e. The summed E-state index contributed by atoms with van der Waals surface area (Å²) in [6, 6.07) is 0. The molecule has 1 saturated carbocycles. The van der Waals surface area contributed by atoms with Crippen LogP contribution in [0.25, 0.3) is 0 Å². The van der Waals surface area contributed by atoms with Crippen LogP contribution in [0.15, 0.2) is 6.20 Å². The molecule has 5 heteroatoms. The molecule has 1 fully saturated rings. The van der Waals surface area contributed by atoms with Gasteiger partial charge < -0.3 is 10.4 Å². The molecule has 1 aliphatic rings. The normalized spacial score (nSPS) is 19.3. The van der Waals surface area contributed by atoms with Crippen LogP contribution in [0.2, 0.25) is 4.34 Å². The molecule has 1 aromatic heterocycles. The fourth-order valence-corrected chi connectivity index (χ4v) is 2.46. The van der Waals surface area contributed by atoms with Gasteiger partial charge in [0.05, 0.1) is 11.8 Å². The molecule has 0 saturated heterocycles. The van der Waals surface area contributed by atoms with E-state index < -0.39 is 5.60 Å². The molecule has 0 amide bonds. The molecular weight excluding hydrogens is 220 g/mol. The number of aliphatic hydroxyl groups is 1. The lowest BCUT2D eigenvalue weighted by Gasteiger charge is -2.36. The van der Waals surface area contributed by atoms with E-state index in [4.69, 9.17) is 11.6 Å². The molecule has 2 N–H and O–H groups in total. The maximum absolute atomic E-state index is 9.79. The van der Waals surface area contributed by atoms with E-state index in [1.165, 1.54) is 11.3 Å². The van der Waals surface area contributed by atoms with Crippen LogP contribution in [-0.2, 0) is 6.54 Å². The van der Waals surface area contributed by atoms with Gasteiger partial charge in [-0.15, -0.1) is 11.3 Å². The summed E-state index contributed by atoms with van der Waals surface area (Å²) in [6.45, 7) is 1.35. The lowest BCUT2D eigenvalue weighted by atomic mass is 9.80. The molecule has 78 valence electrons. The lowest BCUT2D eigenvalue weighted by Crippen LogP contribution is -2.45. The largest absolute Gasteiger partial charge is 0.389 e. The zero-order chi connectivity index (χ0) is 10.0. The van der Waals surface area contributed by atoms with Crippen molar-refractivity contribution in [3.8, 4) is 0 Å². The average molecular weight is 233 g/mol. The van der Waals surface area contributed by atoms with E-state index in [2.05, 4.69) is 10.3 Å². The molecule has 0 unspecified atom stereocenters. The zero-order valence-electron chi connectivity index (χ0n) is 7.79. The van der Waals surface area contributed by atoms with Crippen molar-refractivity contribution in [3.63, 3.8) is 0 Å². The van der Waals surface area contributed by atoms with Crippen molar-refractivity contribution in [2.75, 3.05) is 6.54 Å². The van der Waals surface area contributed by atoms with Gasteiger partial charge in [0, 0.05) is 13.1 Å². The van der Waals surface area contributed by atoms with Crippen molar-refractivity contribution in [3.05, 3.63) is 15.5 Å². The average Bonchev–Trinajstić information content (AvgIpc) is 2.49. The highest BCUT2D eigenvalue weighted by molar-refractivity contribution is 7.15. The highest BCUT2D eigenvalue weighted by atomic mass is 35.5. The molecule has 0 atom stereocenters.